The molecule has 0 N–H and O–H groups in total. The third-order valence-corrected chi connectivity index (χ3v) is 2.39. The highest BCUT2D eigenvalue weighted by Gasteiger charge is 2.01. The lowest BCUT2D eigenvalue weighted by atomic mass is 10.1. The first-order chi connectivity index (χ1) is 6.77. The van der Waals surface area contributed by atoms with Crippen molar-refractivity contribution < 1.29 is 9.53 Å². The second kappa shape index (κ2) is 5.81. The van der Waals surface area contributed by atoms with E-state index >= 15 is 0 Å². The summed E-state index contributed by atoms with van der Waals surface area (Å²) in [4.78, 5) is 10.1. The van der Waals surface area contributed by atoms with Crippen molar-refractivity contribution in [2.24, 2.45) is 0 Å². The van der Waals surface area contributed by atoms with Crippen LogP contribution >= 0.6 is 15.9 Å². The van der Waals surface area contributed by atoms with Gasteiger partial charge in [0.15, 0.2) is 0 Å². The molecule has 0 aliphatic carbocycles. The zero-order valence-corrected chi connectivity index (χ0v) is 9.71. The molecule has 1 aromatic rings. The first-order valence-corrected chi connectivity index (χ1v) is 5.42. The maximum atomic E-state index is 10.1. The summed E-state index contributed by atoms with van der Waals surface area (Å²) in [5, 5.41) is 0. The van der Waals surface area contributed by atoms with Crippen molar-refractivity contribution >= 4 is 22.2 Å². The van der Waals surface area contributed by atoms with E-state index in [2.05, 4.69) is 22.9 Å². The summed E-state index contributed by atoms with van der Waals surface area (Å²) >= 11 is 3.41. The molecule has 1 aromatic carbocycles. The highest BCUT2D eigenvalue weighted by molar-refractivity contribution is 9.10. The van der Waals surface area contributed by atoms with Crippen LogP contribution in [0.15, 0.2) is 22.7 Å². The van der Waals surface area contributed by atoms with E-state index in [9.17, 15) is 4.79 Å². The van der Waals surface area contributed by atoms with Crippen LogP contribution in [0, 0.1) is 0 Å². The summed E-state index contributed by atoms with van der Waals surface area (Å²) in [5.74, 6) is 0.873. The van der Waals surface area contributed by atoms with Gasteiger partial charge >= 0.3 is 0 Å². The molecule has 0 saturated heterocycles. The first kappa shape index (κ1) is 11.2. The molecular formula is C11H13BrO2. The fourth-order valence-corrected chi connectivity index (χ4v) is 1.59. The molecule has 0 aromatic heterocycles. The van der Waals surface area contributed by atoms with E-state index < -0.39 is 0 Å². The zero-order valence-electron chi connectivity index (χ0n) is 8.13. The maximum Gasteiger partial charge on any atom is 0.123 e. The van der Waals surface area contributed by atoms with Gasteiger partial charge in [0.05, 0.1) is 6.61 Å². The van der Waals surface area contributed by atoms with Crippen LogP contribution in [0.1, 0.15) is 18.9 Å². The molecule has 0 unspecified atom stereocenters. The second-order valence-electron chi connectivity index (χ2n) is 2.91. The smallest absolute Gasteiger partial charge is 0.123 e. The number of benzene rings is 1. The second-order valence-corrected chi connectivity index (χ2v) is 3.83. The number of carbonyl (C=O) groups is 1. The molecule has 76 valence electrons. The molecule has 0 fully saturated rings. The molecule has 0 aliphatic heterocycles. The fraction of sp³-hybridized carbons (Fsp3) is 0.364. The third-order valence-electron chi connectivity index (χ3n) is 1.90. The average Bonchev–Trinajstić information content (AvgIpc) is 2.20. The highest BCUT2D eigenvalue weighted by Crippen LogP contribution is 2.23. The van der Waals surface area contributed by atoms with E-state index in [0.717, 1.165) is 28.5 Å². The van der Waals surface area contributed by atoms with E-state index in [-0.39, 0.29) is 0 Å². The third kappa shape index (κ3) is 3.14. The van der Waals surface area contributed by atoms with Crippen molar-refractivity contribution in [3.05, 3.63) is 28.2 Å². The molecular weight excluding hydrogens is 244 g/mol. The summed E-state index contributed by atoms with van der Waals surface area (Å²) in [7, 11) is 0. The molecule has 0 radical (unpaired) electrons. The maximum absolute atomic E-state index is 10.1. The van der Waals surface area contributed by atoms with Crippen LogP contribution < -0.4 is 4.74 Å². The van der Waals surface area contributed by atoms with Crippen molar-refractivity contribution in [1.82, 2.24) is 0 Å². The van der Waals surface area contributed by atoms with Gasteiger partial charge in [-0.15, -0.1) is 0 Å². The number of ether oxygens (including phenoxy) is 1. The molecule has 2 nitrogen and oxygen atoms in total. The van der Waals surface area contributed by atoms with Crippen molar-refractivity contribution in [2.75, 3.05) is 6.61 Å². The van der Waals surface area contributed by atoms with Crippen LogP contribution in [-0.2, 0) is 11.2 Å². The number of rotatable bonds is 5. The Morgan fingerprint density at radius 3 is 2.93 bits per heavy atom. The van der Waals surface area contributed by atoms with Crippen molar-refractivity contribution in [3.63, 3.8) is 0 Å². The monoisotopic (exact) mass is 256 g/mol. The number of hydrogen-bond acceptors (Lipinski definition) is 2. The highest BCUT2D eigenvalue weighted by atomic mass is 79.9. The fourth-order valence-electron chi connectivity index (χ4n) is 1.18. The lowest BCUT2D eigenvalue weighted by molar-refractivity contribution is -0.108. The summed E-state index contributed by atoms with van der Waals surface area (Å²) in [6.45, 7) is 2.53. The molecule has 14 heavy (non-hydrogen) atoms. The molecule has 0 heterocycles. The van der Waals surface area contributed by atoms with Gasteiger partial charge in [0.1, 0.15) is 12.0 Å². The van der Waals surface area contributed by atoms with Crippen molar-refractivity contribution in [2.45, 2.75) is 19.8 Å². The summed E-state index contributed by atoms with van der Waals surface area (Å²) in [6, 6.07) is 5.90. The summed E-state index contributed by atoms with van der Waals surface area (Å²) in [6.07, 6.45) is 2.24. The Bertz CT molecular complexity index is 310. The minimum atomic E-state index is 0.444. The van der Waals surface area contributed by atoms with E-state index in [4.69, 9.17) is 4.74 Å². The predicted molar refractivity (Wildman–Crippen MR) is 59.7 cm³/mol. The molecule has 0 saturated carbocycles. The lowest BCUT2D eigenvalue weighted by Crippen LogP contribution is -2.00. The van der Waals surface area contributed by atoms with E-state index in [1.165, 1.54) is 0 Å². The molecule has 0 atom stereocenters. The number of aldehydes is 1. The Morgan fingerprint density at radius 2 is 2.29 bits per heavy atom. The number of halogens is 1. The van der Waals surface area contributed by atoms with Gasteiger partial charge in [-0.1, -0.05) is 22.9 Å². The first-order valence-electron chi connectivity index (χ1n) is 4.62. The molecule has 3 heteroatoms. The molecule has 0 amide bonds. The molecule has 0 spiro atoms. The number of carbonyl (C=O) groups excluding carboxylic acids is 1. The van der Waals surface area contributed by atoms with Gasteiger partial charge in [-0.2, -0.15) is 0 Å². The van der Waals surface area contributed by atoms with Crippen molar-refractivity contribution in [1.29, 1.82) is 0 Å². The Hall–Kier alpha value is -0.830. The van der Waals surface area contributed by atoms with Gasteiger partial charge in [0.2, 0.25) is 0 Å². The largest absolute Gasteiger partial charge is 0.493 e. The Kier molecular flexibility index (Phi) is 4.66. The van der Waals surface area contributed by atoms with Gasteiger partial charge < -0.3 is 9.53 Å². The average molecular weight is 257 g/mol. The zero-order chi connectivity index (χ0) is 10.4. The predicted octanol–water partition coefficient (Wildman–Crippen LogP) is 2.98. The normalized spacial score (nSPS) is 9.86. The van der Waals surface area contributed by atoms with Gasteiger partial charge in [-0.3, -0.25) is 0 Å². The summed E-state index contributed by atoms with van der Waals surface area (Å²) in [5.41, 5.74) is 1.16. The van der Waals surface area contributed by atoms with Crippen molar-refractivity contribution in [3.8, 4) is 5.75 Å². The van der Waals surface area contributed by atoms with Crippen LogP contribution in [-0.4, -0.2) is 12.9 Å². The number of aryl methyl sites for hydroxylation is 1. The van der Waals surface area contributed by atoms with Crippen LogP contribution in [0.25, 0.3) is 0 Å². The minimum absolute atomic E-state index is 0.444. The van der Waals surface area contributed by atoms with E-state index in [1.54, 1.807) is 0 Å². The van der Waals surface area contributed by atoms with E-state index in [1.807, 2.05) is 18.2 Å². The van der Waals surface area contributed by atoms with Crippen LogP contribution in [0.4, 0.5) is 0 Å². The SMILES string of the molecule is CCc1cc(Br)ccc1OCCC=O. The number of hydrogen-bond donors (Lipinski definition) is 0. The van der Waals surface area contributed by atoms with E-state index in [0.29, 0.717) is 13.0 Å². The standard InChI is InChI=1S/C11H13BrO2/c1-2-9-8-10(12)4-5-11(9)14-7-3-6-13/h4-6,8H,2-3,7H2,1H3. The van der Waals surface area contributed by atoms with Crippen LogP contribution in [0.2, 0.25) is 0 Å². The van der Waals surface area contributed by atoms with Crippen LogP contribution in [0.3, 0.4) is 0 Å². The van der Waals surface area contributed by atoms with Crippen LogP contribution in [0.5, 0.6) is 5.75 Å². The quantitative estimate of drug-likeness (QED) is 0.598. The van der Waals surface area contributed by atoms with Gasteiger partial charge in [0, 0.05) is 10.9 Å². The Labute approximate surface area is 92.4 Å². The molecule has 1 rings (SSSR count). The van der Waals surface area contributed by atoms with Gasteiger partial charge in [0.25, 0.3) is 0 Å². The lowest BCUT2D eigenvalue weighted by Gasteiger charge is -2.09. The van der Waals surface area contributed by atoms with Gasteiger partial charge in [-0.25, -0.2) is 0 Å². The van der Waals surface area contributed by atoms with Gasteiger partial charge in [-0.05, 0) is 30.2 Å². The topological polar surface area (TPSA) is 26.3 Å². The minimum Gasteiger partial charge on any atom is -0.493 e. The Balaban J connectivity index is 2.69. The molecule has 0 aliphatic rings. The summed E-state index contributed by atoms with van der Waals surface area (Å²) < 4.78 is 6.52. The Morgan fingerprint density at radius 1 is 1.50 bits per heavy atom. The molecule has 0 bridgehead atoms.